The Hall–Kier alpha value is -1.91. The first-order valence-corrected chi connectivity index (χ1v) is 6.80. The summed E-state index contributed by atoms with van der Waals surface area (Å²) in [5.74, 6) is -0.437. The van der Waals surface area contributed by atoms with Crippen LogP contribution in [0.5, 0.6) is 0 Å². The molecule has 102 valence electrons. The summed E-state index contributed by atoms with van der Waals surface area (Å²) >= 11 is 0. The standard InChI is InChI=1S/C14H19N3O2/c1-3-9-5-4-8(2)17(9)12-7-11-13(6-10(12)15)19-14(18)16-11/h6-9H,3-5,15H2,1-2H3,(H,16,18). The van der Waals surface area contributed by atoms with Gasteiger partial charge >= 0.3 is 5.76 Å². The van der Waals surface area contributed by atoms with Gasteiger partial charge in [-0.1, -0.05) is 6.92 Å². The Labute approximate surface area is 111 Å². The van der Waals surface area contributed by atoms with Gasteiger partial charge < -0.3 is 15.1 Å². The molecule has 3 N–H and O–H groups in total. The summed E-state index contributed by atoms with van der Waals surface area (Å²) in [5, 5.41) is 0. The normalized spacial score (nSPS) is 23.4. The van der Waals surface area contributed by atoms with Gasteiger partial charge in [0.1, 0.15) is 0 Å². The fourth-order valence-corrected chi connectivity index (χ4v) is 3.13. The average Bonchev–Trinajstić information content (AvgIpc) is 2.90. The number of rotatable bonds is 2. The first-order valence-electron chi connectivity index (χ1n) is 6.80. The minimum absolute atomic E-state index is 0.437. The Kier molecular flexibility index (Phi) is 2.77. The van der Waals surface area contributed by atoms with Gasteiger partial charge in [0.25, 0.3) is 0 Å². The number of anilines is 2. The topological polar surface area (TPSA) is 75.3 Å². The number of fused-ring (bicyclic) bond motifs is 1. The number of oxazole rings is 1. The third kappa shape index (κ3) is 1.89. The molecule has 0 aliphatic carbocycles. The fraction of sp³-hybridized carbons (Fsp3) is 0.500. The number of aromatic nitrogens is 1. The van der Waals surface area contributed by atoms with E-state index in [9.17, 15) is 4.79 Å². The zero-order valence-electron chi connectivity index (χ0n) is 11.3. The lowest BCUT2D eigenvalue weighted by Crippen LogP contribution is -2.34. The number of nitrogens with two attached hydrogens (primary N) is 1. The summed E-state index contributed by atoms with van der Waals surface area (Å²) in [5.41, 5.74) is 9.04. The second-order valence-corrected chi connectivity index (χ2v) is 5.32. The lowest BCUT2D eigenvalue weighted by molar-refractivity contribution is 0.555. The van der Waals surface area contributed by atoms with Crippen molar-refractivity contribution in [3.05, 3.63) is 22.7 Å². The van der Waals surface area contributed by atoms with E-state index in [4.69, 9.17) is 10.2 Å². The number of hydrogen-bond acceptors (Lipinski definition) is 4. The Morgan fingerprint density at radius 2 is 2.26 bits per heavy atom. The van der Waals surface area contributed by atoms with Crippen molar-refractivity contribution in [1.29, 1.82) is 0 Å². The molecular formula is C14H19N3O2. The summed E-state index contributed by atoms with van der Waals surface area (Å²) in [7, 11) is 0. The molecule has 3 rings (SSSR count). The smallest absolute Gasteiger partial charge is 0.408 e. The van der Waals surface area contributed by atoms with Crippen molar-refractivity contribution in [2.24, 2.45) is 0 Å². The second-order valence-electron chi connectivity index (χ2n) is 5.32. The van der Waals surface area contributed by atoms with Crippen LogP contribution in [0, 0.1) is 0 Å². The van der Waals surface area contributed by atoms with Crippen LogP contribution in [0.1, 0.15) is 33.1 Å². The zero-order chi connectivity index (χ0) is 13.6. The predicted molar refractivity (Wildman–Crippen MR) is 76.5 cm³/mol. The molecule has 0 saturated carbocycles. The van der Waals surface area contributed by atoms with Crippen LogP contribution in [0.4, 0.5) is 11.4 Å². The predicted octanol–water partition coefficient (Wildman–Crippen LogP) is 2.47. The van der Waals surface area contributed by atoms with Crippen molar-refractivity contribution in [2.45, 2.75) is 45.2 Å². The Bertz CT molecular complexity index is 658. The molecule has 2 aromatic rings. The van der Waals surface area contributed by atoms with Crippen molar-refractivity contribution in [3.63, 3.8) is 0 Å². The van der Waals surface area contributed by atoms with Gasteiger partial charge in [0.2, 0.25) is 0 Å². The molecule has 1 aromatic carbocycles. The number of nitrogen functional groups attached to an aromatic ring is 1. The molecule has 0 radical (unpaired) electrons. The summed E-state index contributed by atoms with van der Waals surface area (Å²) in [6.07, 6.45) is 3.47. The molecule has 5 nitrogen and oxygen atoms in total. The lowest BCUT2D eigenvalue weighted by Gasteiger charge is -2.31. The third-order valence-corrected chi connectivity index (χ3v) is 4.10. The number of hydrogen-bond donors (Lipinski definition) is 2. The van der Waals surface area contributed by atoms with Gasteiger partial charge in [0.05, 0.1) is 16.9 Å². The highest BCUT2D eigenvalue weighted by Gasteiger charge is 2.30. The lowest BCUT2D eigenvalue weighted by atomic mass is 10.1. The summed E-state index contributed by atoms with van der Waals surface area (Å²) in [6.45, 7) is 4.42. The van der Waals surface area contributed by atoms with E-state index in [2.05, 4.69) is 23.7 Å². The number of H-pyrrole nitrogens is 1. The largest absolute Gasteiger partial charge is 0.417 e. The van der Waals surface area contributed by atoms with Crippen LogP contribution in [0.15, 0.2) is 21.3 Å². The van der Waals surface area contributed by atoms with E-state index in [0.29, 0.717) is 28.9 Å². The molecule has 1 aliphatic heterocycles. The van der Waals surface area contributed by atoms with Crippen LogP contribution in [0.3, 0.4) is 0 Å². The van der Waals surface area contributed by atoms with Crippen LogP contribution >= 0.6 is 0 Å². The molecule has 0 amide bonds. The maximum absolute atomic E-state index is 11.2. The molecule has 0 bridgehead atoms. The van der Waals surface area contributed by atoms with Crippen molar-refractivity contribution in [1.82, 2.24) is 4.98 Å². The Balaban J connectivity index is 2.13. The number of benzene rings is 1. The Morgan fingerprint density at radius 1 is 1.47 bits per heavy atom. The molecule has 5 heteroatoms. The van der Waals surface area contributed by atoms with Crippen LogP contribution in [0.2, 0.25) is 0 Å². The highest BCUT2D eigenvalue weighted by atomic mass is 16.4. The number of nitrogens with zero attached hydrogens (tertiary/aromatic N) is 1. The fourth-order valence-electron chi connectivity index (χ4n) is 3.13. The maximum Gasteiger partial charge on any atom is 0.417 e. The van der Waals surface area contributed by atoms with Gasteiger partial charge in [-0.15, -0.1) is 0 Å². The average molecular weight is 261 g/mol. The number of nitrogens with one attached hydrogen (secondary N) is 1. The summed E-state index contributed by atoms with van der Waals surface area (Å²) in [6, 6.07) is 4.66. The molecule has 0 spiro atoms. The van der Waals surface area contributed by atoms with Gasteiger partial charge in [0.15, 0.2) is 5.58 Å². The van der Waals surface area contributed by atoms with Gasteiger partial charge in [-0.2, -0.15) is 0 Å². The van der Waals surface area contributed by atoms with Gasteiger partial charge in [-0.3, -0.25) is 4.98 Å². The van der Waals surface area contributed by atoms with Crippen molar-refractivity contribution in [3.8, 4) is 0 Å². The molecule has 19 heavy (non-hydrogen) atoms. The quantitative estimate of drug-likeness (QED) is 0.814. The highest BCUT2D eigenvalue weighted by Crippen LogP contribution is 2.37. The minimum atomic E-state index is -0.437. The van der Waals surface area contributed by atoms with Crippen LogP contribution < -0.4 is 16.4 Å². The highest BCUT2D eigenvalue weighted by molar-refractivity contribution is 5.86. The zero-order valence-corrected chi connectivity index (χ0v) is 11.3. The molecular weight excluding hydrogens is 242 g/mol. The maximum atomic E-state index is 11.2. The summed E-state index contributed by atoms with van der Waals surface area (Å²) < 4.78 is 5.04. The third-order valence-electron chi connectivity index (χ3n) is 4.10. The van der Waals surface area contributed by atoms with E-state index in [1.807, 2.05) is 6.07 Å². The minimum Gasteiger partial charge on any atom is -0.408 e. The van der Waals surface area contributed by atoms with Crippen LogP contribution in [-0.4, -0.2) is 17.1 Å². The molecule has 2 heterocycles. The summed E-state index contributed by atoms with van der Waals surface area (Å²) in [4.78, 5) is 16.3. The van der Waals surface area contributed by atoms with E-state index in [1.165, 1.54) is 12.8 Å². The SMILES string of the molecule is CCC1CCC(C)N1c1cc2[nH]c(=O)oc2cc1N. The molecule has 1 aliphatic rings. The number of aromatic amines is 1. The second kappa shape index (κ2) is 4.33. The van der Waals surface area contributed by atoms with Gasteiger partial charge in [-0.25, -0.2) is 4.79 Å². The van der Waals surface area contributed by atoms with E-state index in [1.54, 1.807) is 6.07 Å². The van der Waals surface area contributed by atoms with E-state index in [-0.39, 0.29) is 0 Å². The Morgan fingerprint density at radius 3 is 3.00 bits per heavy atom. The van der Waals surface area contributed by atoms with Crippen molar-refractivity contribution >= 4 is 22.5 Å². The molecule has 1 saturated heterocycles. The van der Waals surface area contributed by atoms with Crippen LogP contribution in [0.25, 0.3) is 11.1 Å². The molecule has 1 fully saturated rings. The monoisotopic (exact) mass is 261 g/mol. The first kappa shape index (κ1) is 12.1. The van der Waals surface area contributed by atoms with Crippen LogP contribution in [-0.2, 0) is 0 Å². The van der Waals surface area contributed by atoms with Gasteiger partial charge in [0, 0.05) is 18.2 Å². The van der Waals surface area contributed by atoms with Crippen molar-refractivity contribution < 1.29 is 4.42 Å². The van der Waals surface area contributed by atoms with Crippen molar-refractivity contribution in [2.75, 3.05) is 10.6 Å². The van der Waals surface area contributed by atoms with E-state index < -0.39 is 5.76 Å². The first-order chi connectivity index (χ1) is 9.10. The van der Waals surface area contributed by atoms with E-state index in [0.717, 1.165) is 12.1 Å². The molecule has 2 atom stereocenters. The van der Waals surface area contributed by atoms with E-state index >= 15 is 0 Å². The van der Waals surface area contributed by atoms with Gasteiger partial charge in [-0.05, 0) is 32.3 Å². The molecule has 2 unspecified atom stereocenters. The molecule has 1 aromatic heterocycles.